The minimum atomic E-state index is 0.0502. The molecular formula is C12H16N2OS. The van der Waals surface area contributed by atoms with Crippen molar-refractivity contribution >= 4 is 11.8 Å². The summed E-state index contributed by atoms with van der Waals surface area (Å²) in [7, 11) is 1.88. The van der Waals surface area contributed by atoms with Gasteiger partial charge in [-0.25, -0.2) is 0 Å². The number of likely N-dealkylation sites (N-methyl/N-ethyl adjacent to an activating group) is 1. The van der Waals surface area contributed by atoms with Crippen LogP contribution >= 0.6 is 11.8 Å². The van der Waals surface area contributed by atoms with Crippen molar-refractivity contribution in [2.45, 2.75) is 17.9 Å². The van der Waals surface area contributed by atoms with Crippen molar-refractivity contribution in [2.75, 3.05) is 19.8 Å². The molecule has 0 spiro atoms. The Labute approximate surface area is 101 Å². The first-order valence-electron chi connectivity index (χ1n) is 5.11. The van der Waals surface area contributed by atoms with Gasteiger partial charge in [-0.1, -0.05) is 6.07 Å². The Hall–Kier alpha value is -1.18. The Kier molecular flexibility index (Phi) is 5.17. The van der Waals surface area contributed by atoms with E-state index in [1.165, 1.54) is 0 Å². The molecule has 0 bridgehead atoms. The molecule has 1 unspecified atom stereocenters. The highest BCUT2D eigenvalue weighted by Gasteiger charge is 2.10. The smallest absolute Gasteiger partial charge is 0.138 e. The molecule has 0 heterocycles. The van der Waals surface area contributed by atoms with Crippen LogP contribution in [0, 0.1) is 11.3 Å². The molecule has 0 saturated heterocycles. The number of nitriles is 1. The maximum absolute atomic E-state index is 9.11. The zero-order valence-electron chi connectivity index (χ0n) is 9.78. The topological polar surface area (TPSA) is 45.0 Å². The third-order valence-electron chi connectivity index (χ3n) is 2.14. The van der Waals surface area contributed by atoms with Gasteiger partial charge in [0.1, 0.15) is 23.5 Å². The number of nitrogens with one attached hydrogen (secondary N) is 1. The minimum absolute atomic E-state index is 0.0502. The Balaban J connectivity index is 2.92. The van der Waals surface area contributed by atoms with Crippen LogP contribution in [0.15, 0.2) is 23.1 Å². The van der Waals surface area contributed by atoms with Crippen LogP contribution < -0.4 is 10.1 Å². The van der Waals surface area contributed by atoms with Crippen molar-refractivity contribution < 1.29 is 4.74 Å². The lowest BCUT2D eigenvalue weighted by Crippen LogP contribution is -2.26. The number of thioether (sulfide) groups is 1. The average molecular weight is 236 g/mol. The van der Waals surface area contributed by atoms with E-state index >= 15 is 0 Å². The van der Waals surface area contributed by atoms with Crippen molar-refractivity contribution in [3.05, 3.63) is 23.8 Å². The number of hydrogen-bond acceptors (Lipinski definition) is 4. The van der Waals surface area contributed by atoms with Crippen molar-refractivity contribution in [1.29, 1.82) is 5.26 Å². The number of ether oxygens (including phenoxy) is 1. The summed E-state index contributed by atoms with van der Waals surface area (Å²) in [5.41, 5.74) is 0.623. The summed E-state index contributed by atoms with van der Waals surface area (Å²) in [4.78, 5) is 0.955. The molecule has 1 aromatic carbocycles. The van der Waals surface area contributed by atoms with Crippen LogP contribution in [0.25, 0.3) is 0 Å². The van der Waals surface area contributed by atoms with Gasteiger partial charge in [0, 0.05) is 11.4 Å². The molecule has 1 aromatic rings. The standard InChI is InChI=1S/C12H16N2OS/c1-9(8-14-2)15-11-5-4-6-12(16-3)10(11)7-13/h4-6,9,14H,8H2,1-3H3. The molecule has 0 aliphatic rings. The Morgan fingerprint density at radius 2 is 2.31 bits per heavy atom. The van der Waals surface area contributed by atoms with Gasteiger partial charge < -0.3 is 10.1 Å². The first-order chi connectivity index (χ1) is 7.72. The normalized spacial score (nSPS) is 11.9. The lowest BCUT2D eigenvalue weighted by Gasteiger charge is -2.16. The summed E-state index contributed by atoms with van der Waals surface area (Å²) in [5, 5.41) is 12.2. The monoisotopic (exact) mass is 236 g/mol. The van der Waals surface area contributed by atoms with Gasteiger partial charge >= 0.3 is 0 Å². The van der Waals surface area contributed by atoms with Gasteiger partial charge in [0.05, 0.1) is 0 Å². The third-order valence-corrected chi connectivity index (χ3v) is 2.92. The molecule has 0 aliphatic heterocycles. The first-order valence-corrected chi connectivity index (χ1v) is 6.33. The van der Waals surface area contributed by atoms with E-state index in [9.17, 15) is 0 Å². The maximum atomic E-state index is 9.11. The van der Waals surface area contributed by atoms with E-state index in [-0.39, 0.29) is 6.10 Å². The minimum Gasteiger partial charge on any atom is -0.488 e. The first kappa shape index (κ1) is 12.9. The van der Waals surface area contributed by atoms with Crippen molar-refractivity contribution in [3.8, 4) is 11.8 Å². The molecule has 3 nitrogen and oxygen atoms in total. The number of hydrogen-bond donors (Lipinski definition) is 1. The number of rotatable bonds is 5. The van der Waals surface area contributed by atoms with E-state index in [4.69, 9.17) is 10.00 Å². The molecule has 1 atom stereocenters. The fourth-order valence-electron chi connectivity index (χ4n) is 1.44. The Morgan fingerprint density at radius 1 is 1.56 bits per heavy atom. The Morgan fingerprint density at radius 3 is 2.88 bits per heavy atom. The summed E-state index contributed by atoms with van der Waals surface area (Å²) in [6.07, 6.45) is 2.01. The molecule has 0 aromatic heterocycles. The van der Waals surface area contributed by atoms with Gasteiger partial charge in [0.2, 0.25) is 0 Å². The summed E-state index contributed by atoms with van der Waals surface area (Å²) in [6.45, 7) is 2.73. The van der Waals surface area contributed by atoms with E-state index in [0.29, 0.717) is 11.3 Å². The van der Waals surface area contributed by atoms with Crippen molar-refractivity contribution in [1.82, 2.24) is 5.32 Å². The summed E-state index contributed by atoms with van der Waals surface area (Å²) < 4.78 is 5.72. The van der Waals surface area contributed by atoms with E-state index in [1.54, 1.807) is 11.8 Å². The summed E-state index contributed by atoms with van der Waals surface area (Å²) >= 11 is 1.56. The van der Waals surface area contributed by atoms with Gasteiger partial charge in [-0.3, -0.25) is 0 Å². The van der Waals surface area contributed by atoms with Crippen LogP contribution in [0.5, 0.6) is 5.75 Å². The molecule has 0 aliphatic carbocycles. The highest BCUT2D eigenvalue weighted by molar-refractivity contribution is 7.98. The van der Waals surface area contributed by atoms with Gasteiger partial charge in [-0.15, -0.1) is 11.8 Å². The predicted molar refractivity (Wildman–Crippen MR) is 67.0 cm³/mol. The number of benzene rings is 1. The molecular weight excluding hydrogens is 220 g/mol. The predicted octanol–water partition coefficient (Wildman–Crippen LogP) is 2.27. The molecule has 4 heteroatoms. The maximum Gasteiger partial charge on any atom is 0.138 e. The third kappa shape index (κ3) is 3.16. The molecule has 86 valence electrons. The zero-order chi connectivity index (χ0) is 12.0. The quantitative estimate of drug-likeness (QED) is 0.797. The highest BCUT2D eigenvalue weighted by atomic mass is 32.2. The van der Waals surface area contributed by atoms with E-state index in [2.05, 4.69) is 11.4 Å². The average Bonchev–Trinajstić information content (AvgIpc) is 2.29. The van der Waals surface area contributed by atoms with Gasteiger partial charge in [-0.2, -0.15) is 5.26 Å². The van der Waals surface area contributed by atoms with Gasteiger partial charge in [-0.05, 0) is 32.4 Å². The highest BCUT2D eigenvalue weighted by Crippen LogP contribution is 2.28. The zero-order valence-corrected chi connectivity index (χ0v) is 10.6. The van der Waals surface area contributed by atoms with Crippen molar-refractivity contribution in [2.24, 2.45) is 0 Å². The van der Waals surface area contributed by atoms with Crippen LogP contribution in [0.1, 0.15) is 12.5 Å². The molecule has 0 radical (unpaired) electrons. The van der Waals surface area contributed by atoms with E-state index in [1.807, 2.05) is 38.4 Å². The fourth-order valence-corrected chi connectivity index (χ4v) is 2.00. The molecule has 1 N–H and O–H groups in total. The second kappa shape index (κ2) is 6.41. The molecule has 0 saturated carbocycles. The van der Waals surface area contributed by atoms with Crippen LogP contribution in [-0.2, 0) is 0 Å². The number of nitrogens with zero attached hydrogens (tertiary/aromatic N) is 1. The Bertz CT molecular complexity index is 387. The van der Waals surface area contributed by atoms with E-state index < -0.39 is 0 Å². The second-order valence-electron chi connectivity index (χ2n) is 3.43. The molecule has 16 heavy (non-hydrogen) atoms. The molecule has 0 fully saturated rings. The SMILES string of the molecule is CNCC(C)Oc1cccc(SC)c1C#N. The second-order valence-corrected chi connectivity index (χ2v) is 4.28. The fraction of sp³-hybridized carbons (Fsp3) is 0.417. The summed E-state index contributed by atoms with van der Waals surface area (Å²) in [5.74, 6) is 0.664. The lowest BCUT2D eigenvalue weighted by molar-refractivity contribution is 0.219. The largest absolute Gasteiger partial charge is 0.488 e. The van der Waals surface area contributed by atoms with Crippen LogP contribution in [0.2, 0.25) is 0 Å². The molecule has 0 amide bonds. The molecule has 1 rings (SSSR count). The summed E-state index contributed by atoms with van der Waals surface area (Å²) in [6, 6.07) is 7.87. The van der Waals surface area contributed by atoms with Gasteiger partial charge in [0.25, 0.3) is 0 Å². The van der Waals surface area contributed by atoms with E-state index in [0.717, 1.165) is 11.4 Å². The van der Waals surface area contributed by atoms with Crippen LogP contribution in [0.3, 0.4) is 0 Å². The lowest BCUT2D eigenvalue weighted by atomic mass is 10.2. The van der Waals surface area contributed by atoms with Crippen LogP contribution in [-0.4, -0.2) is 26.0 Å². The van der Waals surface area contributed by atoms with Crippen molar-refractivity contribution in [3.63, 3.8) is 0 Å². The van der Waals surface area contributed by atoms with Gasteiger partial charge in [0.15, 0.2) is 0 Å². The van der Waals surface area contributed by atoms with Crippen LogP contribution in [0.4, 0.5) is 0 Å².